The number of carbonyl (C=O) groups excluding carboxylic acids is 1. The first-order valence-corrected chi connectivity index (χ1v) is 5.92. The highest BCUT2D eigenvalue weighted by Crippen LogP contribution is 2.61. The summed E-state index contributed by atoms with van der Waals surface area (Å²) in [6.45, 7) is 6.03. The van der Waals surface area contributed by atoms with Gasteiger partial charge in [0.15, 0.2) is 0 Å². The summed E-state index contributed by atoms with van der Waals surface area (Å²) >= 11 is 0. The van der Waals surface area contributed by atoms with Crippen LogP contribution in [0.25, 0.3) is 0 Å². The molecule has 0 radical (unpaired) electrons. The van der Waals surface area contributed by atoms with Gasteiger partial charge in [-0.25, -0.2) is 0 Å². The van der Waals surface area contributed by atoms with Crippen molar-refractivity contribution in [3.8, 4) is 0 Å². The zero-order valence-electron chi connectivity index (χ0n) is 10.4. The average molecular weight is 233 g/mol. The summed E-state index contributed by atoms with van der Waals surface area (Å²) < 4.78 is 5.01. The van der Waals surface area contributed by atoms with Gasteiger partial charge in [0.1, 0.15) is 0 Å². The third-order valence-electron chi connectivity index (χ3n) is 3.60. The Balaban J connectivity index is 2.19. The smallest absolute Gasteiger partial charge is 0.310 e. The standard InChI is InChI=1S/C14H18O3/c1-4-17-13(16)11-10(14(11,2)3)12(15)9-7-5-6-8-9/h5-8,10-11,15H,4H2,1-3H3/p-1. The second-order valence-corrected chi connectivity index (χ2v) is 5.07. The maximum Gasteiger partial charge on any atom is 0.310 e. The van der Waals surface area contributed by atoms with Gasteiger partial charge in [-0.05, 0) is 23.8 Å². The zero-order chi connectivity index (χ0) is 12.6. The molecule has 0 aromatic rings. The highest BCUT2D eigenvalue weighted by Gasteiger charge is 2.62. The fourth-order valence-corrected chi connectivity index (χ4v) is 2.52. The fourth-order valence-electron chi connectivity index (χ4n) is 2.52. The maximum absolute atomic E-state index is 12.2. The van der Waals surface area contributed by atoms with Crippen molar-refractivity contribution in [3.63, 3.8) is 0 Å². The number of rotatable bonds is 3. The van der Waals surface area contributed by atoms with Gasteiger partial charge in [-0.2, -0.15) is 0 Å². The van der Waals surface area contributed by atoms with E-state index in [1.54, 1.807) is 19.1 Å². The summed E-state index contributed by atoms with van der Waals surface area (Å²) in [5.74, 6) is -0.714. The molecule has 0 amide bonds. The van der Waals surface area contributed by atoms with Crippen LogP contribution in [0.4, 0.5) is 0 Å². The average Bonchev–Trinajstić information content (AvgIpc) is 2.70. The summed E-state index contributed by atoms with van der Waals surface area (Å²) in [6, 6.07) is 0. The Labute approximate surface area is 101 Å². The van der Waals surface area contributed by atoms with Crippen LogP contribution in [0.3, 0.4) is 0 Å². The van der Waals surface area contributed by atoms with E-state index in [0.29, 0.717) is 12.2 Å². The third-order valence-corrected chi connectivity index (χ3v) is 3.60. The molecule has 0 spiro atoms. The Hall–Kier alpha value is -1.51. The summed E-state index contributed by atoms with van der Waals surface area (Å²) in [5, 5.41) is 12.2. The summed E-state index contributed by atoms with van der Waals surface area (Å²) in [6.07, 6.45) is 7.25. The van der Waals surface area contributed by atoms with Crippen molar-refractivity contribution in [3.05, 3.63) is 35.6 Å². The van der Waals surface area contributed by atoms with Gasteiger partial charge in [-0.3, -0.25) is 4.79 Å². The molecule has 0 aromatic carbocycles. The van der Waals surface area contributed by atoms with E-state index in [2.05, 4.69) is 0 Å². The van der Waals surface area contributed by atoms with Crippen LogP contribution in [-0.2, 0) is 9.53 Å². The first-order chi connectivity index (χ1) is 8.00. The Kier molecular flexibility index (Phi) is 2.86. The van der Waals surface area contributed by atoms with Crippen molar-refractivity contribution in [1.82, 2.24) is 0 Å². The molecule has 3 heteroatoms. The molecule has 0 saturated heterocycles. The number of ether oxygens (including phenoxy) is 1. The van der Waals surface area contributed by atoms with Crippen LogP contribution in [0, 0.1) is 17.3 Å². The summed E-state index contributed by atoms with van der Waals surface area (Å²) in [7, 11) is 0. The zero-order valence-corrected chi connectivity index (χ0v) is 10.4. The van der Waals surface area contributed by atoms with Crippen molar-refractivity contribution < 1.29 is 14.6 Å². The Morgan fingerprint density at radius 3 is 2.47 bits per heavy atom. The lowest BCUT2D eigenvalue weighted by Crippen LogP contribution is -2.14. The minimum atomic E-state index is -0.287. The lowest BCUT2D eigenvalue weighted by Gasteiger charge is -2.15. The molecular weight excluding hydrogens is 216 g/mol. The van der Waals surface area contributed by atoms with Gasteiger partial charge in [0.05, 0.1) is 12.5 Å². The summed E-state index contributed by atoms with van der Waals surface area (Å²) in [5.41, 5.74) is 0.413. The molecule has 92 valence electrons. The van der Waals surface area contributed by atoms with Crippen molar-refractivity contribution in [1.29, 1.82) is 0 Å². The molecular formula is C14H17O3-. The molecule has 17 heavy (non-hydrogen) atoms. The lowest BCUT2D eigenvalue weighted by atomic mass is 10.1. The third kappa shape index (κ3) is 1.90. The minimum Gasteiger partial charge on any atom is -0.875 e. The highest BCUT2D eigenvalue weighted by molar-refractivity contribution is 5.78. The fraction of sp³-hybridized carbons (Fsp3) is 0.500. The van der Waals surface area contributed by atoms with E-state index < -0.39 is 0 Å². The molecule has 0 bridgehead atoms. The Morgan fingerprint density at radius 2 is 1.94 bits per heavy atom. The normalized spacial score (nSPS) is 28.3. The van der Waals surface area contributed by atoms with E-state index >= 15 is 0 Å². The van der Waals surface area contributed by atoms with Gasteiger partial charge in [0.2, 0.25) is 0 Å². The van der Waals surface area contributed by atoms with E-state index in [1.807, 2.05) is 26.0 Å². The van der Waals surface area contributed by atoms with Gasteiger partial charge in [-0.1, -0.05) is 38.2 Å². The molecule has 0 heterocycles. The molecule has 1 fully saturated rings. The van der Waals surface area contributed by atoms with Gasteiger partial charge >= 0.3 is 5.97 Å². The molecule has 2 aliphatic carbocycles. The minimum absolute atomic E-state index is 0.0538. The van der Waals surface area contributed by atoms with E-state index in [-0.39, 0.29) is 29.0 Å². The number of hydrogen-bond donors (Lipinski definition) is 0. The van der Waals surface area contributed by atoms with Crippen molar-refractivity contribution >= 4 is 5.97 Å². The van der Waals surface area contributed by atoms with Crippen molar-refractivity contribution in [2.24, 2.45) is 17.3 Å². The number of carbonyl (C=O) groups is 1. The molecule has 2 aliphatic rings. The van der Waals surface area contributed by atoms with Crippen LogP contribution in [-0.4, -0.2) is 12.6 Å². The van der Waals surface area contributed by atoms with E-state index in [1.165, 1.54) is 0 Å². The molecule has 0 N–H and O–H groups in total. The maximum atomic E-state index is 12.2. The molecule has 2 unspecified atom stereocenters. The lowest BCUT2D eigenvalue weighted by molar-refractivity contribution is -0.312. The molecule has 2 rings (SSSR count). The molecule has 0 aromatic heterocycles. The SMILES string of the molecule is CCOC(=O)C1C(C([O-])=C2C=CC=C2)C1(C)C. The van der Waals surface area contributed by atoms with Crippen molar-refractivity contribution in [2.45, 2.75) is 20.8 Å². The molecule has 1 saturated carbocycles. The first kappa shape index (κ1) is 12.0. The molecule has 3 nitrogen and oxygen atoms in total. The predicted molar refractivity (Wildman–Crippen MR) is 62.7 cm³/mol. The van der Waals surface area contributed by atoms with Crippen LogP contribution < -0.4 is 5.11 Å². The van der Waals surface area contributed by atoms with Crippen LogP contribution in [0.5, 0.6) is 0 Å². The van der Waals surface area contributed by atoms with Crippen LogP contribution in [0.15, 0.2) is 35.6 Å². The Morgan fingerprint density at radius 1 is 1.35 bits per heavy atom. The second-order valence-electron chi connectivity index (χ2n) is 5.07. The second kappa shape index (κ2) is 4.06. The van der Waals surface area contributed by atoms with Gasteiger partial charge < -0.3 is 9.84 Å². The van der Waals surface area contributed by atoms with Crippen LogP contribution in [0.2, 0.25) is 0 Å². The first-order valence-electron chi connectivity index (χ1n) is 5.92. The van der Waals surface area contributed by atoms with E-state index in [0.717, 1.165) is 0 Å². The monoisotopic (exact) mass is 233 g/mol. The number of esters is 1. The number of allylic oxidation sites excluding steroid dienone is 6. The van der Waals surface area contributed by atoms with E-state index in [9.17, 15) is 9.90 Å². The molecule has 2 atom stereocenters. The summed E-state index contributed by atoms with van der Waals surface area (Å²) in [4.78, 5) is 11.7. The van der Waals surface area contributed by atoms with Crippen molar-refractivity contribution in [2.75, 3.05) is 6.61 Å². The van der Waals surface area contributed by atoms with Crippen LogP contribution >= 0.6 is 0 Å². The number of hydrogen-bond acceptors (Lipinski definition) is 3. The molecule has 0 aliphatic heterocycles. The predicted octanol–water partition coefficient (Wildman–Crippen LogP) is 1.56. The topological polar surface area (TPSA) is 49.4 Å². The van der Waals surface area contributed by atoms with Crippen LogP contribution in [0.1, 0.15) is 20.8 Å². The van der Waals surface area contributed by atoms with Gasteiger partial charge in [-0.15, -0.1) is 5.76 Å². The highest BCUT2D eigenvalue weighted by atomic mass is 16.5. The van der Waals surface area contributed by atoms with Gasteiger partial charge in [0.25, 0.3) is 0 Å². The van der Waals surface area contributed by atoms with E-state index in [4.69, 9.17) is 4.74 Å². The largest absolute Gasteiger partial charge is 0.875 e. The van der Waals surface area contributed by atoms with Gasteiger partial charge in [0, 0.05) is 0 Å². The Bertz CT molecular complexity index is 413. The quantitative estimate of drug-likeness (QED) is 0.549.